The fourth-order valence-corrected chi connectivity index (χ4v) is 1.75. The van der Waals surface area contributed by atoms with Crippen LogP contribution >= 0.6 is 0 Å². The van der Waals surface area contributed by atoms with E-state index in [4.69, 9.17) is 0 Å². The van der Waals surface area contributed by atoms with Crippen LogP contribution in [0.2, 0.25) is 0 Å². The number of benzene rings is 2. The summed E-state index contributed by atoms with van der Waals surface area (Å²) < 4.78 is 26.1. The normalized spacial score (nSPS) is 11.9. The van der Waals surface area contributed by atoms with Gasteiger partial charge in [0.2, 0.25) is 0 Å². The quantitative estimate of drug-likeness (QED) is 0.901. The fraction of sp³-hybridized carbons (Fsp3) is 0.133. The van der Waals surface area contributed by atoms with Gasteiger partial charge in [0, 0.05) is 12.6 Å². The summed E-state index contributed by atoms with van der Waals surface area (Å²) in [6.07, 6.45) is -0.886. The molecule has 2 rings (SSSR count). The Labute approximate surface area is 114 Å². The van der Waals surface area contributed by atoms with Crippen LogP contribution in [0, 0.1) is 11.6 Å². The van der Waals surface area contributed by atoms with Gasteiger partial charge in [-0.15, -0.1) is 0 Å². The first-order valence-corrected chi connectivity index (χ1v) is 6.04. The lowest BCUT2D eigenvalue weighted by molar-refractivity contribution is 0.0912. The molecule has 2 N–H and O–H groups in total. The van der Waals surface area contributed by atoms with E-state index in [1.807, 2.05) is 6.07 Å². The summed E-state index contributed by atoms with van der Waals surface area (Å²) in [5, 5.41) is 12.3. The second-order valence-corrected chi connectivity index (χ2v) is 4.26. The third kappa shape index (κ3) is 3.39. The van der Waals surface area contributed by atoms with Crippen LogP contribution in [0.5, 0.6) is 0 Å². The number of rotatable bonds is 4. The number of hydrogen-bond acceptors (Lipinski definition) is 2. The van der Waals surface area contributed by atoms with Crippen molar-refractivity contribution in [2.75, 3.05) is 6.54 Å². The lowest BCUT2D eigenvalue weighted by atomic mass is 10.1. The third-order valence-corrected chi connectivity index (χ3v) is 2.82. The van der Waals surface area contributed by atoms with E-state index in [0.717, 1.165) is 12.1 Å². The summed E-state index contributed by atoms with van der Waals surface area (Å²) in [6, 6.07) is 11.5. The highest BCUT2D eigenvalue weighted by molar-refractivity contribution is 5.94. The minimum absolute atomic E-state index is 0.0559. The van der Waals surface area contributed by atoms with Gasteiger partial charge in [-0.2, -0.15) is 0 Å². The van der Waals surface area contributed by atoms with Gasteiger partial charge in [-0.3, -0.25) is 4.79 Å². The van der Waals surface area contributed by atoms with Crippen molar-refractivity contribution in [3.63, 3.8) is 0 Å². The van der Waals surface area contributed by atoms with E-state index in [0.29, 0.717) is 11.6 Å². The Hall–Kier alpha value is -2.27. The summed E-state index contributed by atoms with van der Waals surface area (Å²) in [5.74, 6) is -2.38. The van der Waals surface area contributed by atoms with Crippen molar-refractivity contribution in [1.82, 2.24) is 5.32 Å². The van der Waals surface area contributed by atoms with Gasteiger partial charge in [-0.05, 0) is 17.7 Å². The zero-order valence-electron chi connectivity index (χ0n) is 10.5. The highest BCUT2D eigenvalue weighted by Crippen LogP contribution is 2.12. The molecule has 20 heavy (non-hydrogen) atoms. The molecule has 1 atom stereocenters. The van der Waals surface area contributed by atoms with Crippen molar-refractivity contribution in [3.05, 3.63) is 71.3 Å². The molecule has 0 heterocycles. The summed E-state index contributed by atoms with van der Waals surface area (Å²) in [4.78, 5) is 11.7. The topological polar surface area (TPSA) is 49.3 Å². The van der Waals surface area contributed by atoms with Gasteiger partial charge in [-0.25, -0.2) is 8.78 Å². The molecule has 0 saturated carbocycles. The predicted octanol–water partition coefficient (Wildman–Crippen LogP) is 2.43. The molecule has 5 heteroatoms. The van der Waals surface area contributed by atoms with Crippen LogP contribution in [0.15, 0.2) is 48.5 Å². The first kappa shape index (κ1) is 14.1. The van der Waals surface area contributed by atoms with Crippen molar-refractivity contribution >= 4 is 5.91 Å². The first-order valence-electron chi connectivity index (χ1n) is 6.04. The lowest BCUT2D eigenvalue weighted by Crippen LogP contribution is -2.29. The average molecular weight is 277 g/mol. The molecule has 2 aromatic rings. The number of hydrogen-bond donors (Lipinski definition) is 2. The molecule has 0 aliphatic rings. The van der Waals surface area contributed by atoms with E-state index in [1.54, 1.807) is 24.3 Å². The number of carbonyl (C=O) groups excluding carboxylic acids is 1. The Balaban J connectivity index is 1.99. The molecule has 0 aliphatic heterocycles. The van der Waals surface area contributed by atoms with Gasteiger partial charge in [0.25, 0.3) is 5.91 Å². The van der Waals surface area contributed by atoms with Crippen molar-refractivity contribution < 1.29 is 18.7 Å². The molecule has 1 unspecified atom stereocenters. The van der Waals surface area contributed by atoms with Gasteiger partial charge in [0.15, 0.2) is 0 Å². The van der Waals surface area contributed by atoms with Crippen LogP contribution in [0.3, 0.4) is 0 Å². The minimum Gasteiger partial charge on any atom is -0.387 e. The van der Waals surface area contributed by atoms with Gasteiger partial charge in [0.05, 0.1) is 11.7 Å². The Kier molecular flexibility index (Phi) is 4.42. The molecule has 1 amide bonds. The summed E-state index contributed by atoms with van der Waals surface area (Å²) in [6.45, 7) is -0.0559. The zero-order chi connectivity index (χ0) is 14.5. The maximum atomic E-state index is 13.4. The van der Waals surface area contributed by atoms with Crippen molar-refractivity contribution in [1.29, 1.82) is 0 Å². The summed E-state index contributed by atoms with van der Waals surface area (Å²) >= 11 is 0. The molecular weight excluding hydrogens is 264 g/mol. The number of carbonyl (C=O) groups is 1. The minimum atomic E-state index is -0.934. The molecule has 0 aromatic heterocycles. The van der Waals surface area contributed by atoms with Crippen LogP contribution in [0.25, 0.3) is 0 Å². The van der Waals surface area contributed by atoms with Crippen LogP contribution in [-0.2, 0) is 0 Å². The number of amides is 1. The fourth-order valence-electron chi connectivity index (χ4n) is 1.75. The average Bonchev–Trinajstić information content (AvgIpc) is 2.45. The first-order chi connectivity index (χ1) is 9.58. The van der Waals surface area contributed by atoms with Gasteiger partial charge in [-0.1, -0.05) is 30.3 Å². The molecule has 2 aromatic carbocycles. The van der Waals surface area contributed by atoms with Crippen LogP contribution in [0.1, 0.15) is 22.0 Å². The largest absolute Gasteiger partial charge is 0.387 e. The SMILES string of the molecule is O=C(NCC(O)c1ccccc1)c1ccc(F)cc1F. The van der Waals surface area contributed by atoms with Crippen LogP contribution in [-0.4, -0.2) is 17.6 Å². The highest BCUT2D eigenvalue weighted by atomic mass is 19.1. The Morgan fingerprint density at radius 3 is 2.50 bits per heavy atom. The molecule has 0 fully saturated rings. The number of halogens is 2. The molecule has 3 nitrogen and oxygen atoms in total. The van der Waals surface area contributed by atoms with E-state index in [1.165, 1.54) is 0 Å². The monoisotopic (exact) mass is 277 g/mol. The van der Waals surface area contributed by atoms with Crippen molar-refractivity contribution in [2.45, 2.75) is 6.10 Å². The van der Waals surface area contributed by atoms with E-state index < -0.39 is 23.6 Å². The van der Waals surface area contributed by atoms with E-state index in [2.05, 4.69) is 5.32 Å². The molecule has 0 bridgehead atoms. The highest BCUT2D eigenvalue weighted by Gasteiger charge is 2.14. The second kappa shape index (κ2) is 6.25. The molecular formula is C15H13F2NO2. The Bertz CT molecular complexity index is 602. The van der Waals surface area contributed by atoms with E-state index in [9.17, 15) is 18.7 Å². The van der Waals surface area contributed by atoms with E-state index in [-0.39, 0.29) is 12.1 Å². The third-order valence-electron chi connectivity index (χ3n) is 2.82. The van der Waals surface area contributed by atoms with Crippen molar-refractivity contribution in [2.24, 2.45) is 0 Å². The molecule has 104 valence electrons. The standard InChI is InChI=1S/C15H13F2NO2/c16-11-6-7-12(13(17)8-11)15(20)18-9-14(19)10-4-2-1-3-5-10/h1-8,14,19H,9H2,(H,18,20). The summed E-state index contributed by atoms with van der Waals surface area (Å²) in [7, 11) is 0. The maximum Gasteiger partial charge on any atom is 0.254 e. The number of aliphatic hydroxyl groups is 1. The Morgan fingerprint density at radius 2 is 1.85 bits per heavy atom. The lowest BCUT2D eigenvalue weighted by Gasteiger charge is -2.12. The summed E-state index contributed by atoms with van der Waals surface area (Å²) in [5.41, 5.74) is 0.388. The number of nitrogens with one attached hydrogen (secondary N) is 1. The molecule has 0 spiro atoms. The molecule has 0 saturated heterocycles. The second-order valence-electron chi connectivity index (χ2n) is 4.26. The number of aliphatic hydroxyl groups excluding tert-OH is 1. The molecule has 0 radical (unpaired) electrons. The van der Waals surface area contributed by atoms with Crippen molar-refractivity contribution in [3.8, 4) is 0 Å². The van der Waals surface area contributed by atoms with Gasteiger partial charge >= 0.3 is 0 Å². The van der Waals surface area contributed by atoms with E-state index >= 15 is 0 Å². The maximum absolute atomic E-state index is 13.4. The van der Waals surface area contributed by atoms with Gasteiger partial charge < -0.3 is 10.4 Å². The smallest absolute Gasteiger partial charge is 0.254 e. The predicted molar refractivity (Wildman–Crippen MR) is 70.1 cm³/mol. The molecule has 0 aliphatic carbocycles. The Morgan fingerprint density at radius 1 is 1.15 bits per heavy atom. The zero-order valence-corrected chi connectivity index (χ0v) is 10.5. The van der Waals surface area contributed by atoms with Crippen LogP contribution < -0.4 is 5.32 Å². The van der Waals surface area contributed by atoms with Gasteiger partial charge in [0.1, 0.15) is 11.6 Å². The van der Waals surface area contributed by atoms with Crippen LogP contribution in [0.4, 0.5) is 8.78 Å².